The summed E-state index contributed by atoms with van der Waals surface area (Å²) in [6, 6.07) is 0. The number of hydrogen-bond acceptors (Lipinski definition) is 4. The molecule has 1 atom stereocenters. The first-order chi connectivity index (χ1) is 7.07. The van der Waals surface area contributed by atoms with Crippen molar-refractivity contribution in [2.75, 3.05) is 19.8 Å². The van der Waals surface area contributed by atoms with E-state index >= 15 is 0 Å². The molecule has 0 fully saturated rings. The molecule has 0 aromatic heterocycles. The summed E-state index contributed by atoms with van der Waals surface area (Å²) in [5.74, 6) is -0.248. The van der Waals surface area contributed by atoms with E-state index in [1.807, 2.05) is 20.8 Å². The lowest BCUT2D eigenvalue weighted by molar-refractivity contribution is -0.291. The largest absolute Gasteiger partial charge is 0.463 e. The molecule has 0 spiro atoms. The van der Waals surface area contributed by atoms with Crippen LogP contribution in [0.25, 0.3) is 0 Å². The van der Waals surface area contributed by atoms with Crippen LogP contribution in [-0.2, 0) is 19.3 Å². The Hall–Kier alpha value is -0.870. The van der Waals surface area contributed by atoms with Crippen molar-refractivity contribution in [3.8, 4) is 0 Å². The lowest BCUT2D eigenvalue weighted by atomic mass is 10.1. The highest BCUT2D eigenvalue weighted by atomic mass is 17.2. The Bertz CT molecular complexity index is 201. The summed E-state index contributed by atoms with van der Waals surface area (Å²) in [5, 5.41) is 0. The van der Waals surface area contributed by atoms with Crippen molar-refractivity contribution in [1.29, 1.82) is 0 Å². The summed E-state index contributed by atoms with van der Waals surface area (Å²) < 4.78 is 4.94. The van der Waals surface area contributed by atoms with Crippen LogP contribution in [0.15, 0.2) is 12.2 Å². The Kier molecular flexibility index (Phi) is 7.95. The van der Waals surface area contributed by atoms with Crippen molar-refractivity contribution in [1.82, 2.24) is 0 Å². The summed E-state index contributed by atoms with van der Waals surface area (Å²) in [4.78, 5) is 20.7. The van der Waals surface area contributed by atoms with Crippen LogP contribution >= 0.6 is 0 Å². The number of rotatable bonds is 8. The summed E-state index contributed by atoms with van der Waals surface area (Å²) >= 11 is 0. The molecule has 0 aliphatic heterocycles. The molecule has 0 N–H and O–H groups in total. The molecule has 15 heavy (non-hydrogen) atoms. The Morgan fingerprint density at radius 2 is 2.00 bits per heavy atom. The van der Waals surface area contributed by atoms with Gasteiger partial charge in [-0.2, -0.15) is 0 Å². The maximum absolute atomic E-state index is 11.2. The number of carbonyl (C=O) groups excluding carboxylic acids is 1. The van der Waals surface area contributed by atoms with Gasteiger partial charge in [-0.25, -0.2) is 9.78 Å². The zero-order valence-electron chi connectivity index (χ0n) is 9.75. The van der Waals surface area contributed by atoms with Gasteiger partial charge in [-0.3, -0.25) is 4.79 Å². The summed E-state index contributed by atoms with van der Waals surface area (Å²) in [7, 11) is 0. The molecule has 0 rings (SSSR count). The highest BCUT2D eigenvalue weighted by Gasteiger charge is 2.11. The quantitative estimate of drug-likeness (QED) is 0.205. The van der Waals surface area contributed by atoms with Crippen molar-refractivity contribution >= 4 is 5.97 Å². The van der Waals surface area contributed by atoms with E-state index in [0.29, 0.717) is 6.61 Å². The lowest BCUT2D eigenvalue weighted by Crippen LogP contribution is -2.17. The number of esters is 1. The average molecular weight is 216 g/mol. The second-order valence-corrected chi connectivity index (χ2v) is 3.52. The zero-order valence-corrected chi connectivity index (χ0v) is 9.75. The summed E-state index contributed by atoms with van der Waals surface area (Å²) in [6.45, 7) is 10.1. The molecule has 0 bridgehead atoms. The van der Waals surface area contributed by atoms with Crippen LogP contribution in [0.2, 0.25) is 0 Å². The third-order valence-electron chi connectivity index (χ3n) is 1.81. The Morgan fingerprint density at radius 1 is 1.33 bits per heavy atom. The van der Waals surface area contributed by atoms with Crippen molar-refractivity contribution in [2.24, 2.45) is 5.92 Å². The molecule has 0 heterocycles. The van der Waals surface area contributed by atoms with Crippen LogP contribution in [0.4, 0.5) is 0 Å². The standard InChI is InChI=1S/C11H20O4/c1-5-10(4)11(12)13-6-7-14-15-8-9(2)3/h10H,2,5-8H2,1,3-4H3. The third kappa shape index (κ3) is 8.15. The monoisotopic (exact) mass is 216 g/mol. The minimum Gasteiger partial charge on any atom is -0.463 e. The summed E-state index contributed by atoms with van der Waals surface area (Å²) in [6.07, 6.45) is 0.784. The van der Waals surface area contributed by atoms with E-state index in [1.165, 1.54) is 0 Å². The second-order valence-electron chi connectivity index (χ2n) is 3.52. The topological polar surface area (TPSA) is 44.8 Å². The molecule has 88 valence electrons. The van der Waals surface area contributed by atoms with E-state index in [0.717, 1.165) is 12.0 Å². The molecular formula is C11H20O4. The second kappa shape index (κ2) is 8.44. The Morgan fingerprint density at radius 3 is 2.53 bits per heavy atom. The molecule has 0 amide bonds. The van der Waals surface area contributed by atoms with Gasteiger partial charge in [0.05, 0.1) is 5.92 Å². The van der Waals surface area contributed by atoms with Crippen LogP contribution in [0.5, 0.6) is 0 Å². The Labute approximate surface area is 91.1 Å². The van der Waals surface area contributed by atoms with Gasteiger partial charge in [0.2, 0.25) is 0 Å². The maximum atomic E-state index is 11.2. The fourth-order valence-corrected chi connectivity index (χ4v) is 0.686. The molecule has 0 aromatic carbocycles. The first-order valence-electron chi connectivity index (χ1n) is 5.13. The predicted octanol–water partition coefficient (Wildman–Crippen LogP) is 2.10. The lowest BCUT2D eigenvalue weighted by Gasteiger charge is -2.09. The minimum atomic E-state index is -0.194. The van der Waals surface area contributed by atoms with Crippen LogP contribution in [0.3, 0.4) is 0 Å². The SMILES string of the molecule is C=C(C)COOCCOC(=O)C(C)CC. The van der Waals surface area contributed by atoms with Gasteiger partial charge in [-0.05, 0) is 13.3 Å². The molecule has 0 saturated carbocycles. The first-order valence-corrected chi connectivity index (χ1v) is 5.13. The average Bonchev–Trinajstić information content (AvgIpc) is 2.21. The number of ether oxygens (including phenoxy) is 1. The maximum Gasteiger partial charge on any atom is 0.308 e. The fourth-order valence-electron chi connectivity index (χ4n) is 0.686. The van der Waals surface area contributed by atoms with Gasteiger partial charge < -0.3 is 4.74 Å². The van der Waals surface area contributed by atoms with Crippen molar-refractivity contribution in [3.63, 3.8) is 0 Å². The molecule has 0 aromatic rings. The van der Waals surface area contributed by atoms with E-state index in [9.17, 15) is 4.79 Å². The first kappa shape index (κ1) is 14.1. The molecule has 4 nitrogen and oxygen atoms in total. The van der Waals surface area contributed by atoms with E-state index in [-0.39, 0.29) is 25.1 Å². The van der Waals surface area contributed by atoms with E-state index in [2.05, 4.69) is 6.58 Å². The predicted molar refractivity (Wildman–Crippen MR) is 57.1 cm³/mol. The van der Waals surface area contributed by atoms with Crippen LogP contribution in [0, 0.1) is 5.92 Å². The van der Waals surface area contributed by atoms with Crippen molar-refractivity contribution in [3.05, 3.63) is 12.2 Å². The smallest absolute Gasteiger partial charge is 0.308 e. The van der Waals surface area contributed by atoms with E-state index < -0.39 is 0 Å². The van der Waals surface area contributed by atoms with Gasteiger partial charge in [0.25, 0.3) is 0 Å². The van der Waals surface area contributed by atoms with Gasteiger partial charge in [0.1, 0.15) is 19.8 Å². The molecule has 0 saturated heterocycles. The number of hydrogen-bond donors (Lipinski definition) is 0. The van der Waals surface area contributed by atoms with Gasteiger partial charge in [0, 0.05) is 0 Å². The van der Waals surface area contributed by atoms with Gasteiger partial charge in [-0.1, -0.05) is 26.0 Å². The fraction of sp³-hybridized carbons (Fsp3) is 0.727. The highest BCUT2D eigenvalue weighted by molar-refractivity contribution is 5.71. The van der Waals surface area contributed by atoms with Gasteiger partial charge >= 0.3 is 5.97 Å². The van der Waals surface area contributed by atoms with Crippen LogP contribution in [-0.4, -0.2) is 25.8 Å². The highest BCUT2D eigenvalue weighted by Crippen LogP contribution is 2.02. The third-order valence-corrected chi connectivity index (χ3v) is 1.81. The Balaban J connectivity index is 3.31. The van der Waals surface area contributed by atoms with Gasteiger partial charge in [0.15, 0.2) is 0 Å². The number of carbonyl (C=O) groups is 1. The minimum absolute atomic E-state index is 0.0543. The van der Waals surface area contributed by atoms with Crippen molar-refractivity contribution in [2.45, 2.75) is 27.2 Å². The van der Waals surface area contributed by atoms with E-state index in [1.54, 1.807) is 0 Å². The molecule has 0 aliphatic rings. The van der Waals surface area contributed by atoms with Crippen molar-refractivity contribution < 1.29 is 19.3 Å². The van der Waals surface area contributed by atoms with E-state index in [4.69, 9.17) is 14.5 Å². The van der Waals surface area contributed by atoms with Crippen LogP contribution < -0.4 is 0 Å². The molecular weight excluding hydrogens is 196 g/mol. The molecule has 0 aliphatic carbocycles. The molecule has 1 unspecified atom stereocenters. The normalized spacial score (nSPS) is 12.2. The zero-order chi connectivity index (χ0) is 11.7. The summed E-state index contributed by atoms with van der Waals surface area (Å²) in [5.41, 5.74) is 0.881. The molecule has 0 radical (unpaired) electrons. The van der Waals surface area contributed by atoms with Crippen LogP contribution in [0.1, 0.15) is 27.2 Å². The molecule has 4 heteroatoms. The van der Waals surface area contributed by atoms with Gasteiger partial charge in [-0.15, -0.1) is 0 Å².